The number of amides is 2. The first-order valence-electron chi connectivity index (χ1n) is 12.8. The van der Waals surface area contributed by atoms with Gasteiger partial charge in [0.05, 0.1) is 18.4 Å². The number of likely N-dealkylation sites (N-methyl/N-ethyl adjacent to an activating group) is 2. The summed E-state index contributed by atoms with van der Waals surface area (Å²) in [6.07, 6.45) is 6.19. The van der Waals surface area contributed by atoms with Crippen LogP contribution in [0.3, 0.4) is 0 Å². The van der Waals surface area contributed by atoms with Gasteiger partial charge in [-0.1, -0.05) is 24.0 Å². The Hall–Kier alpha value is -4.04. The molecule has 2 aromatic rings. The van der Waals surface area contributed by atoms with Crippen molar-refractivity contribution < 1.29 is 18.4 Å². The number of nitrogens with zero attached hydrogens (tertiary/aromatic N) is 4. The molecule has 1 heterocycles. The van der Waals surface area contributed by atoms with Gasteiger partial charge in [-0.3, -0.25) is 14.0 Å². The summed E-state index contributed by atoms with van der Waals surface area (Å²) in [7, 11) is 5.41. The predicted molar refractivity (Wildman–Crippen MR) is 150 cm³/mol. The fourth-order valence-corrected chi connectivity index (χ4v) is 3.18. The highest BCUT2D eigenvalue weighted by Gasteiger charge is 2.20. The van der Waals surface area contributed by atoms with Crippen LogP contribution < -0.4 is 16.0 Å². The molecular weight excluding hydrogens is 504 g/mol. The van der Waals surface area contributed by atoms with Gasteiger partial charge in [0, 0.05) is 44.9 Å². The second-order valence-electron chi connectivity index (χ2n) is 9.05. The van der Waals surface area contributed by atoms with Crippen molar-refractivity contribution in [3.8, 4) is 11.8 Å². The summed E-state index contributed by atoms with van der Waals surface area (Å²) < 4.78 is 26.1. The topological polar surface area (TPSA) is 102 Å². The molecule has 2 amide bonds. The number of hydrogen-bond acceptors (Lipinski definition) is 7. The van der Waals surface area contributed by atoms with Crippen LogP contribution >= 0.6 is 0 Å². The van der Waals surface area contributed by atoms with Crippen molar-refractivity contribution in [2.45, 2.75) is 32.2 Å². The number of hydrogen-bond donors (Lipinski definition) is 3. The maximum absolute atomic E-state index is 13.5. The molecule has 0 aliphatic carbocycles. The van der Waals surface area contributed by atoms with E-state index in [9.17, 15) is 18.4 Å². The summed E-state index contributed by atoms with van der Waals surface area (Å²) in [6.45, 7) is 2.63. The monoisotopic (exact) mass is 541 g/mol. The van der Waals surface area contributed by atoms with Crippen molar-refractivity contribution in [1.82, 2.24) is 25.1 Å². The molecule has 11 heteroatoms. The van der Waals surface area contributed by atoms with Gasteiger partial charge in [0.15, 0.2) is 0 Å². The molecule has 0 spiro atoms. The van der Waals surface area contributed by atoms with Crippen molar-refractivity contribution in [3.05, 3.63) is 54.0 Å². The van der Waals surface area contributed by atoms with Crippen molar-refractivity contribution in [1.29, 1.82) is 0 Å². The molecule has 9 nitrogen and oxygen atoms in total. The van der Waals surface area contributed by atoms with Crippen LogP contribution in [0.1, 0.15) is 31.7 Å². The fraction of sp³-hybridized carbons (Fsp3) is 0.429. The van der Waals surface area contributed by atoms with E-state index in [-0.39, 0.29) is 23.6 Å². The van der Waals surface area contributed by atoms with E-state index >= 15 is 0 Å². The molecule has 2 rings (SSSR count). The Morgan fingerprint density at radius 3 is 2.69 bits per heavy atom. The third-order valence-corrected chi connectivity index (χ3v) is 5.51. The zero-order valence-electron chi connectivity index (χ0n) is 22.9. The smallest absolute Gasteiger partial charge is 0.246 e. The van der Waals surface area contributed by atoms with Crippen LogP contribution in [0.15, 0.2) is 42.6 Å². The molecule has 0 saturated heterocycles. The van der Waals surface area contributed by atoms with Gasteiger partial charge in [0.1, 0.15) is 17.7 Å². The highest BCUT2D eigenvalue weighted by atomic mass is 19.1. The zero-order chi connectivity index (χ0) is 28.6. The third-order valence-electron chi connectivity index (χ3n) is 5.51. The number of anilines is 3. The second-order valence-corrected chi connectivity index (χ2v) is 9.05. The first kappa shape index (κ1) is 31.2. The maximum atomic E-state index is 13.5. The molecule has 0 fully saturated rings. The normalized spacial score (nSPS) is 11.6. The number of carbonyl (C=O) groups excluding carboxylic acids is 2. The molecule has 0 saturated carbocycles. The average molecular weight is 542 g/mol. The molecule has 3 N–H and O–H groups in total. The Bertz CT molecular complexity index is 1180. The van der Waals surface area contributed by atoms with E-state index < -0.39 is 12.7 Å². The van der Waals surface area contributed by atoms with Crippen LogP contribution in [0.4, 0.5) is 26.2 Å². The number of benzene rings is 1. The molecule has 210 valence electrons. The van der Waals surface area contributed by atoms with Crippen LogP contribution in [0.5, 0.6) is 0 Å². The SMILES string of the molecule is C[C@@H](C(=O)NCCCC#Cc1cnc(Nc2cccc(F)c2)nc1NCCCF)N(C)C(=O)/C=C/CN(C)C. The summed E-state index contributed by atoms with van der Waals surface area (Å²) in [6, 6.07) is 5.32. The van der Waals surface area contributed by atoms with Crippen LogP contribution in [0, 0.1) is 17.7 Å². The van der Waals surface area contributed by atoms with Gasteiger partial charge in [0.25, 0.3) is 0 Å². The summed E-state index contributed by atoms with van der Waals surface area (Å²) in [5.41, 5.74) is 1.04. The van der Waals surface area contributed by atoms with Gasteiger partial charge in [-0.2, -0.15) is 4.98 Å². The van der Waals surface area contributed by atoms with Gasteiger partial charge in [-0.05, 0) is 52.1 Å². The zero-order valence-corrected chi connectivity index (χ0v) is 22.9. The van der Waals surface area contributed by atoms with Crippen LogP contribution in [0.2, 0.25) is 0 Å². The minimum Gasteiger partial charge on any atom is -0.369 e. The highest BCUT2D eigenvalue weighted by Crippen LogP contribution is 2.18. The van der Waals surface area contributed by atoms with Gasteiger partial charge >= 0.3 is 0 Å². The van der Waals surface area contributed by atoms with E-state index in [4.69, 9.17) is 0 Å². The largest absolute Gasteiger partial charge is 0.369 e. The van der Waals surface area contributed by atoms with E-state index in [1.54, 1.807) is 38.4 Å². The molecule has 0 aliphatic heterocycles. The van der Waals surface area contributed by atoms with Crippen LogP contribution in [-0.2, 0) is 9.59 Å². The van der Waals surface area contributed by atoms with E-state index in [2.05, 4.69) is 37.8 Å². The highest BCUT2D eigenvalue weighted by molar-refractivity contribution is 5.92. The van der Waals surface area contributed by atoms with Gasteiger partial charge < -0.3 is 25.8 Å². The second kappa shape index (κ2) is 16.7. The molecule has 0 unspecified atom stereocenters. The number of alkyl halides is 1. The fourth-order valence-electron chi connectivity index (χ4n) is 3.18. The van der Waals surface area contributed by atoms with Crippen molar-refractivity contribution in [3.63, 3.8) is 0 Å². The Labute approximate surface area is 229 Å². The molecule has 0 bridgehead atoms. The maximum Gasteiger partial charge on any atom is 0.246 e. The first-order valence-corrected chi connectivity index (χ1v) is 12.8. The van der Waals surface area contributed by atoms with Crippen LogP contribution in [0.25, 0.3) is 0 Å². The third kappa shape index (κ3) is 11.5. The lowest BCUT2D eigenvalue weighted by Crippen LogP contribution is -2.45. The molecule has 1 aromatic heterocycles. The Balaban J connectivity index is 1.89. The van der Waals surface area contributed by atoms with E-state index in [1.165, 1.54) is 23.1 Å². The van der Waals surface area contributed by atoms with Crippen molar-refractivity contribution in [2.24, 2.45) is 0 Å². The molecule has 0 aliphatic rings. The molecular formula is C28H37F2N7O2. The minimum absolute atomic E-state index is 0.235. The van der Waals surface area contributed by atoms with E-state index in [0.717, 1.165) is 0 Å². The molecule has 1 aromatic carbocycles. The average Bonchev–Trinajstić information content (AvgIpc) is 2.90. The number of aromatic nitrogens is 2. The lowest BCUT2D eigenvalue weighted by Gasteiger charge is -2.23. The Kier molecular flexibility index (Phi) is 13.4. The number of halogens is 2. The van der Waals surface area contributed by atoms with Gasteiger partial charge in [-0.15, -0.1) is 0 Å². The number of rotatable bonds is 14. The van der Waals surface area contributed by atoms with Gasteiger partial charge in [0.2, 0.25) is 17.8 Å². The molecule has 39 heavy (non-hydrogen) atoms. The van der Waals surface area contributed by atoms with E-state index in [1.807, 2.05) is 19.0 Å². The number of nitrogens with one attached hydrogen (secondary N) is 3. The predicted octanol–water partition coefficient (Wildman–Crippen LogP) is 3.34. The lowest BCUT2D eigenvalue weighted by atomic mass is 10.2. The van der Waals surface area contributed by atoms with Crippen molar-refractivity contribution >= 4 is 29.3 Å². The number of carbonyl (C=O) groups is 2. The first-order chi connectivity index (χ1) is 18.7. The summed E-state index contributed by atoms with van der Waals surface area (Å²) >= 11 is 0. The van der Waals surface area contributed by atoms with E-state index in [0.29, 0.717) is 56.0 Å². The summed E-state index contributed by atoms with van der Waals surface area (Å²) in [4.78, 5) is 36.6. The molecule has 1 atom stereocenters. The van der Waals surface area contributed by atoms with Gasteiger partial charge in [-0.25, -0.2) is 9.37 Å². The molecule has 0 radical (unpaired) electrons. The Morgan fingerprint density at radius 2 is 1.97 bits per heavy atom. The minimum atomic E-state index is -0.609. The number of unbranched alkanes of at least 4 members (excludes halogenated alkanes) is 1. The Morgan fingerprint density at radius 1 is 1.18 bits per heavy atom. The quantitative estimate of drug-likeness (QED) is 0.192. The lowest BCUT2D eigenvalue weighted by molar-refractivity contribution is -0.135. The van der Waals surface area contributed by atoms with Crippen molar-refractivity contribution in [2.75, 3.05) is 58.1 Å². The standard InChI is InChI=1S/C28H37F2N7O2/c1-21(37(4)25(38)14-9-18-36(2)3)27(39)32-16-7-5-6-11-22-20-33-28(35-26(22)31-17-10-15-29)34-24-13-8-12-23(30)19-24/h8-9,12-14,19-21H,5,7,10,15-18H2,1-4H3,(H,32,39)(H2,31,33,34,35)/b14-9+/t21-/m0/s1. The summed E-state index contributed by atoms with van der Waals surface area (Å²) in [5.74, 6) is 5.89. The van der Waals surface area contributed by atoms with Crippen LogP contribution in [-0.4, -0.2) is 85.1 Å². The summed E-state index contributed by atoms with van der Waals surface area (Å²) in [5, 5.41) is 8.84.